The van der Waals surface area contributed by atoms with Crippen LogP contribution in [-0.4, -0.2) is 31.1 Å². The van der Waals surface area contributed by atoms with Crippen LogP contribution in [0.5, 0.6) is 0 Å². The minimum absolute atomic E-state index is 0.660. The molecule has 0 aliphatic heterocycles. The highest BCUT2D eigenvalue weighted by Crippen LogP contribution is 2.32. The van der Waals surface area contributed by atoms with Crippen molar-refractivity contribution >= 4 is 0 Å². The number of nitrogens with two attached hydrogens (primary N) is 1. The molecule has 0 bridgehead atoms. The fraction of sp³-hybridized carbons (Fsp3) is 1.00. The summed E-state index contributed by atoms with van der Waals surface area (Å²) in [5, 5.41) is 0. The fourth-order valence-electron chi connectivity index (χ4n) is 3.29. The first-order valence-electron chi connectivity index (χ1n) is 6.71. The zero-order chi connectivity index (χ0) is 10.7. The van der Waals surface area contributed by atoms with Crippen LogP contribution in [-0.2, 0) is 0 Å². The Labute approximate surface area is 94.2 Å². The van der Waals surface area contributed by atoms with E-state index < -0.39 is 0 Å². The number of hydrogen-bond donors (Lipinski definition) is 1. The van der Waals surface area contributed by atoms with Gasteiger partial charge in [-0.15, -0.1) is 0 Å². The summed E-state index contributed by atoms with van der Waals surface area (Å²) in [6.07, 6.45) is 10.0. The van der Waals surface area contributed by atoms with Crippen molar-refractivity contribution in [1.29, 1.82) is 0 Å². The van der Waals surface area contributed by atoms with E-state index in [0.29, 0.717) is 6.04 Å². The van der Waals surface area contributed by atoms with E-state index >= 15 is 0 Å². The normalized spacial score (nSPS) is 25.8. The summed E-state index contributed by atoms with van der Waals surface area (Å²) in [4.78, 5) is 2.56. The number of hydrogen-bond acceptors (Lipinski definition) is 2. The van der Waals surface area contributed by atoms with Gasteiger partial charge in [0.15, 0.2) is 0 Å². The van der Waals surface area contributed by atoms with Gasteiger partial charge in [0.2, 0.25) is 0 Å². The molecule has 0 radical (unpaired) electrons. The van der Waals surface area contributed by atoms with Crippen molar-refractivity contribution in [2.45, 2.75) is 51.0 Å². The Hall–Kier alpha value is -0.0800. The van der Waals surface area contributed by atoms with Crippen LogP contribution >= 0.6 is 0 Å². The van der Waals surface area contributed by atoms with E-state index in [9.17, 15) is 0 Å². The lowest BCUT2D eigenvalue weighted by molar-refractivity contribution is 0.129. The maximum absolute atomic E-state index is 5.95. The molecule has 2 N–H and O–H groups in total. The summed E-state index contributed by atoms with van der Waals surface area (Å²) in [5.41, 5.74) is 5.95. The summed E-state index contributed by atoms with van der Waals surface area (Å²) in [7, 11) is 2.29. The second kappa shape index (κ2) is 5.31. The molecule has 1 unspecified atom stereocenters. The summed E-state index contributed by atoms with van der Waals surface area (Å²) in [6.45, 7) is 2.15. The van der Waals surface area contributed by atoms with Crippen molar-refractivity contribution in [3.05, 3.63) is 0 Å². The van der Waals surface area contributed by atoms with Crippen LogP contribution in [0, 0.1) is 11.8 Å². The highest BCUT2D eigenvalue weighted by molar-refractivity contribution is 4.84. The first-order chi connectivity index (χ1) is 7.31. The molecule has 2 heteroatoms. The van der Waals surface area contributed by atoms with Gasteiger partial charge in [0.05, 0.1) is 0 Å². The third-order valence-corrected chi connectivity index (χ3v) is 4.52. The molecule has 0 aromatic rings. The predicted octanol–water partition coefficient (Wildman–Crippen LogP) is 2.24. The molecule has 0 heterocycles. The first-order valence-corrected chi connectivity index (χ1v) is 6.71. The van der Waals surface area contributed by atoms with E-state index in [1.165, 1.54) is 51.5 Å². The molecular formula is C13H26N2. The number of rotatable bonds is 5. The molecule has 0 spiro atoms. The van der Waals surface area contributed by atoms with Crippen LogP contribution in [0.4, 0.5) is 0 Å². The molecular weight excluding hydrogens is 184 g/mol. The zero-order valence-corrected chi connectivity index (χ0v) is 10.1. The molecule has 0 aromatic heterocycles. The van der Waals surface area contributed by atoms with Gasteiger partial charge >= 0.3 is 0 Å². The maximum Gasteiger partial charge on any atom is 0.0243 e. The van der Waals surface area contributed by atoms with Gasteiger partial charge in [-0.2, -0.15) is 0 Å². The smallest absolute Gasteiger partial charge is 0.0243 e. The summed E-state index contributed by atoms with van der Waals surface area (Å²) in [6, 6.07) is 0.660. The van der Waals surface area contributed by atoms with Gasteiger partial charge in [-0.1, -0.05) is 19.3 Å². The Bertz CT molecular complexity index is 183. The van der Waals surface area contributed by atoms with Crippen molar-refractivity contribution in [1.82, 2.24) is 4.90 Å². The van der Waals surface area contributed by atoms with Crippen molar-refractivity contribution in [2.24, 2.45) is 17.6 Å². The van der Waals surface area contributed by atoms with Crippen molar-refractivity contribution in [3.8, 4) is 0 Å². The second-order valence-electron chi connectivity index (χ2n) is 5.58. The lowest BCUT2D eigenvalue weighted by Gasteiger charge is -2.37. The van der Waals surface area contributed by atoms with E-state index in [-0.39, 0.29) is 0 Å². The van der Waals surface area contributed by atoms with E-state index in [1.807, 2.05) is 0 Å². The Balaban J connectivity index is 1.80. The van der Waals surface area contributed by atoms with E-state index in [1.54, 1.807) is 0 Å². The quantitative estimate of drug-likeness (QED) is 0.754. The van der Waals surface area contributed by atoms with Crippen LogP contribution in [0.25, 0.3) is 0 Å². The predicted molar refractivity (Wildman–Crippen MR) is 64.8 cm³/mol. The SMILES string of the molecule is CN(CC1CCC1)C(CN)C1CCCC1. The van der Waals surface area contributed by atoms with E-state index in [4.69, 9.17) is 5.73 Å². The molecule has 0 amide bonds. The molecule has 2 rings (SSSR count). The molecule has 2 nitrogen and oxygen atoms in total. The molecule has 2 fully saturated rings. The van der Waals surface area contributed by atoms with E-state index in [2.05, 4.69) is 11.9 Å². The van der Waals surface area contributed by atoms with Gasteiger partial charge in [0.25, 0.3) is 0 Å². The lowest BCUT2D eigenvalue weighted by Crippen LogP contribution is -2.45. The average molecular weight is 210 g/mol. The third kappa shape index (κ3) is 2.73. The molecule has 2 aliphatic rings. The highest BCUT2D eigenvalue weighted by atomic mass is 15.1. The molecule has 15 heavy (non-hydrogen) atoms. The van der Waals surface area contributed by atoms with Crippen LogP contribution < -0.4 is 5.73 Å². The molecule has 0 aromatic carbocycles. The number of nitrogens with zero attached hydrogens (tertiary/aromatic N) is 1. The standard InChI is InChI=1S/C13H26N2/c1-15(10-11-5-4-6-11)13(9-14)12-7-2-3-8-12/h11-13H,2-10,14H2,1H3. The minimum Gasteiger partial charge on any atom is -0.329 e. The molecule has 1 atom stereocenters. The first kappa shape index (κ1) is 11.4. The Kier molecular flexibility index (Phi) is 4.04. The van der Waals surface area contributed by atoms with Crippen molar-refractivity contribution < 1.29 is 0 Å². The van der Waals surface area contributed by atoms with Crippen LogP contribution in [0.15, 0.2) is 0 Å². The molecule has 88 valence electrons. The van der Waals surface area contributed by atoms with E-state index in [0.717, 1.165) is 18.4 Å². The Morgan fingerprint density at radius 1 is 1.13 bits per heavy atom. The number of likely N-dealkylation sites (N-methyl/N-ethyl adjacent to an activating group) is 1. The van der Waals surface area contributed by atoms with Gasteiger partial charge in [0.1, 0.15) is 0 Å². The minimum atomic E-state index is 0.660. The Morgan fingerprint density at radius 3 is 2.27 bits per heavy atom. The molecule has 0 saturated heterocycles. The van der Waals surface area contributed by atoms with Crippen molar-refractivity contribution in [2.75, 3.05) is 20.1 Å². The van der Waals surface area contributed by atoms with Gasteiger partial charge in [0, 0.05) is 19.1 Å². The lowest BCUT2D eigenvalue weighted by atomic mass is 9.84. The summed E-state index contributed by atoms with van der Waals surface area (Å²) in [5.74, 6) is 1.87. The summed E-state index contributed by atoms with van der Waals surface area (Å²) < 4.78 is 0. The second-order valence-corrected chi connectivity index (χ2v) is 5.58. The monoisotopic (exact) mass is 210 g/mol. The third-order valence-electron chi connectivity index (χ3n) is 4.52. The largest absolute Gasteiger partial charge is 0.329 e. The molecule has 2 aliphatic carbocycles. The van der Waals surface area contributed by atoms with Gasteiger partial charge < -0.3 is 10.6 Å². The van der Waals surface area contributed by atoms with Gasteiger partial charge in [-0.25, -0.2) is 0 Å². The van der Waals surface area contributed by atoms with Crippen LogP contribution in [0.3, 0.4) is 0 Å². The van der Waals surface area contributed by atoms with Crippen LogP contribution in [0.1, 0.15) is 44.9 Å². The van der Waals surface area contributed by atoms with Crippen LogP contribution in [0.2, 0.25) is 0 Å². The summed E-state index contributed by atoms with van der Waals surface area (Å²) >= 11 is 0. The fourth-order valence-corrected chi connectivity index (χ4v) is 3.29. The Morgan fingerprint density at radius 2 is 1.80 bits per heavy atom. The molecule has 2 saturated carbocycles. The highest BCUT2D eigenvalue weighted by Gasteiger charge is 2.29. The van der Waals surface area contributed by atoms with Gasteiger partial charge in [-0.05, 0) is 44.6 Å². The van der Waals surface area contributed by atoms with Crippen molar-refractivity contribution in [3.63, 3.8) is 0 Å². The maximum atomic E-state index is 5.95. The topological polar surface area (TPSA) is 29.3 Å². The average Bonchev–Trinajstić information content (AvgIpc) is 2.66. The van der Waals surface area contributed by atoms with Gasteiger partial charge in [-0.3, -0.25) is 0 Å². The zero-order valence-electron chi connectivity index (χ0n) is 10.1.